The largest absolute Gasteiger partial charge is 0.391 e. The van der Waals surface area contributed by atoms with Crippen LogP contribution in [0, 0.1) is 12.8 Å². The van der Waals surface area contributed by atoms with Gasteiger partial charge in [0.15, 0.2) is 6.29 Å². The van der Waals surface area contributed by atoms with E-state index in [0.29, 0.717) is 26.1 Å². The van der Waals surface area contributed by atoms with E-state index in [4.69, 9.17) is 9.47 Å². The molecule has 3 atom stereocenters. The van der Waals surface area contributed by atoms with Crippen LogP contribution < -0.4 is 0 Å². The van der Waals surface area contributed by atoms with E-state index >= 15 is 0 Å². The zero-order valence-corrected chi connectivity index (χ0v) is 14.9. The Morgan fingerprint density at radius 1 is 1.12 bits per heavy atom. The first-order valence-electron chi connectivity index (χ1n) is 8.35. The molecule has 0 bridgehead atoms. The molecule has 24 heavy (non-hydrogen) atoms. The monoisotopic (exact) mass is 355 g/mol. The van der Waals surface area contributed by atoms with Crippen molar-refractivity contribution in [2.24, 2.45) is 5.92 Å². The predicted molar refractivity (Wildman–Crippen MR) is 89.0 cm³/mol. The number of hydrogen-bond acceptors (Lipinski definition) is 5. The molecule has 2 fully saturated rings. The summed E-state index contributed by atoms with van der Waals surface area (Å²) in [6.07, 6.45) is 0.906. The van der Waals surface area contributed by atoms with Gasteiger partial charge in [0.25, 0.3) is 0 Å². The Morgan fingerprint density at radius 3 is 2.38 bits per heavy atom. The molecule has 7 heteroatoms. The Hall–Kier alpha value is -0.990. The van der Waals surface area contributed by atoms with Crippen molar-refractivity contribution in [2.45, 2.75) is 49.5 Å². The summed E-state index contributed by atoms with van der Waals surface area (Å²) in [6, 6.07) is 6.30. The molecule has 2 aliphatic rings. The second-order valence-corrected chi connectivity index (χ2v) is 8.65. The molecule has 3 rings (SSSR count). The lowest BCUT2D eigenvalue weighted by molar-refractivity contribution is -0.108. The molecule has 1 saturated heterocycles. The van der Waals surface area contributed by atoms with Crippen LogP contribution in [0.4, 0.5) is 0 Å². The first-order chi connectivity index (χ1) is 11.4. The van der Waals surface area contributed by atoms with Crippen LogP contribution in [-0.4, -0.2) is 56.5 Å². The number of nitrogens with zero attached hydrogens (tertiary/aromatic N) is 1. The van der Waals surface area contributed by atoms with Crippen LogP contribution in [0.3, 0.4) is 0 Å². The number of sulfonamides is 1. The van der Waals surface area contributed by atoms with Gasteiger partial charge in [-0.25, -0.2) is 8.42 Å². The normalized spacial score (nSPS) is 29.2. The van der Waals surface area contributed by atoms with Crippen molar-refractivity contribution in [1.82, 2.24) is 4.31 Å². The molecule has 1 heterocycles. The van der Waals surface area contributed by atoms with Crippen LogP contribution in [0.5, 0.6) is 0 Å². The van der Waals surface area contributed by atoms with Gasteiger partial charge in [-0.15, -0.1) is 0 Å². The molecular weight excluding hydrogens is 330 g/mol. The third-order valence-corrected chi connectivity index (χ3v) is 6.92. The number of aryl methyl sites for hydroxylation is 1. The Balaban J connectivity index is 1.78. The predicted octanol–water partition coefficient (Wildman–Crippen LogP) is 1.52. The number of ether oxygens (including phenoxy) is 2. The molecule has 1 aliphatic heterocycles. The second-order valence-electron chi connectivity index (χ2n) is 6.65. The van der Waals surface area contributed by atoms with E-state index in [-0.39, 0.29) is 17.1 Å². The summed E-state index contributed by atoms with van der Waals surface area (Å²) in [6.45, 7) is 3.06. The van der Waals surface area contributed by atoms with Crippen molar-refractivity contribution in [3.8, 4) is 0 Å². The van der Waals surface area contributed by atoms with Gasteiger partial charge in [0.1, 0.15) is 0 Å². The van der Waals surface area contributed by atoms with Crippen LogP contribution in [0.25, 0.3) is 0 Å². The highest BCUT2D eigenvalue weighted by molar-refractivity contribution is 7.89. The van der Waals surface area contributed by atoms with Crippen LogP contribution in [0.15, 0.2) is 29.2 Å². The first-order valence-corrected chi connectivity index (χ1v) is 9.79. The lowest BCUT2D eigenvalue weighted by Gasteiger charge is -2.39. The van der Waals surface area contributed by atoms with Gasteiger partial charge in [-0.3, -0.25) is 0 Å². The molecule has 1 aromatic carbocycles. The van der Waals surface area contributed by atoms with E-state index < -0.39 is 22.2 Å². The van der Waals surface area contributed by atoms with Crippen molar-refractivity contribution in [3.05, 3.63) is 29.8 Å². The van der Waals surface area contributed by atoms with Gasteiger partial charge in [0, 0.05) is 13.0 Å². The maximum absolute atomic E-state index is 12.9. The molecule has 1 saturated carbocycles. The van der Waals surface area contributed by atoms with E-state index in [1.165, 1.54) is 4.31 Å². The molecule has 0 amide bonds. The quantitative estimate of drug-likeness (QED) is 0.886. The number of aliphatic hydroxyl groups is 1. The zero-order chi connectivity index (χ0) is 17.3. The highest BCUT2D eigenvalue weighted by atomic mass is 32.2. The Labute approximate surface area is 143 Å². The summed E-state index contributed by atoms with van der Waals surface area (Å²) >= 11 is 0. The molecule has 1 aliphatic carbocycles. The third-order valence-electron chi connectivity index (χ3n) is 5.02. The first kappa shape index (κ1) is 17.8. The van der Waals surface area contributed by atoms with Crippen molar-refractivity contribution in [1.29, 1.82) is 0 Å². The fourth-order valence-corrected chi connectivity index (χ4v) is 4.90. The Morgan fingerprint density at radius 2 is 1.75 bits per heavy atom. The van der Waals surface area contributed by atoms with Gasteiger partial charge >= 0.3 is 0 Å². The number of benzene rings is 1. The summed E-state index contributed by atoms with van der Waals surface area (Å²) in [5.74, 6) is 0.108. The minimum absolute atomic E-state index is 0.108. The van der Waals surface area contributed by atoms with Gasteiger partial charge in [-0.2, -0.15) is 4.31 Å². The molecule has 0 aromatic heterocycles. The summed E-state index contributed by atoms with van der Waals surface area (Å²) in [7, 11) is -2.10. The summed E-state index contributed by atoms with van der Waals surface area (Å²) < 4.78 is 38.2. The van der Waals surface area contributed by atoms with Crippen molar-refractivity contribution in [2.75, 3.05) is 20.3 Å². The molecular formula is C17H25NO5S. The number of aliphatic hydroxyl groups excluding tert-OH is 1. The highest BCUT2D eigenvalue weighted by Crippen LogP contribution is 2.34. The van der Waals surface area contributed by atoms with Gasteiger partial charge in [0.2, 0.25) is 10.0 Å². The minimum Gasteiger partial charge on any atom is -0.391 e. The molecule has 0 spiro atoms. The second kappa shape index (κ2) is 7.09. The fourth-order valence-electron chi connectivity index (χ4n) is 3.50. The van der Waals surface area contributed by atoms with E-state index in [2.05, 4.69) is 0 Å². The summed E-state index contributed by atoms with van der Waals surface area (Å²) in [5.41, 5.74) is 1.00. The van der Waals surface area contributed by atoms with E-state index in [9.17, 15) is 13.5 Å². The molecule has 1 aromatic rings. The van der Waals surface area contributed by atoms with Crippen molar-refractivity contribution >= 4 is 10.0 Å². The smallest absolute Gasteiger partial charge is 0.243 e. The minimum atomic E-state index is -3.64. The highest BCUT2D eigenvalue weighted by Gasteiger charge is 2.41. The average molecular weight is 355 g/mol. The third kappa shape index (κ3) is 3.50. The van der Waals surface area contributed by atoms with E-state index in [0.717, 1.165) is 12.0 Å². The zero-order valence-electron chi connectivity index (χ0n) is 14.1. The van der Waals surface area contributed by atoms with Crippen molar-refractivity contribution < 1.29 is 23.0 Å². The average Bonchev–Trinajstić information content (AvgIpc) is 3.09. The Kier molecular flexibility index (Phi) is 5.27. The van der Waals surface area contributed by atoms with Crippen LogP contribution in [-0.2, 0) is 19.5 Å². The SMILES string of the molecule is Cc1ccc(S(=O)(=O)N(C)[C@@H]2C[C@H](C3OCCO3)CC[C@H]2O)cc1. The summed E-state index contributed by atoms with van der Waals surface area (Å²) in [4.78, 5) is 0.248. The summed E-state index contributed by atoms with van der Waals surface area (Å²) in [5, 5.41) is 10.4. The van der Waals surface area contributed by atoms with Gasteiger partial charge in [-0.1, -0.05) is 17.7 Å². The maximum atomic E-state index is 12.9. The maximum Gasteiger partial charge on any atom is 0.243 e. The molecule has 0 radical (unpaired) electrons. The van der Waals surface area contributed by atoms with Crippen molar-refractivity contribution in [3.63, 3.8) is 0 Å². The van der Waals surface area contributed by atoms with E-state index in [1.54, 1.807) is 31.3 Å². The van der Waals surface area contributed by atoms with Gasteiger partial charge in [0.05, 0.1) is 30.3 Å². The van der Waals surface area contributed by atoms with Crippen LogP contribution in [0.1, 0.15) is 24.8 Å². The number of hydrogen-bond donors (Lipinski definition) is 1. The fraction of sp³-hybridized carbons (Fsp3) is 0.647. The standard InChI is InChI=1S/C17H25NO5S/c1-12-3-6-14(7-4-12)24(20,21)18(2)15-11-13(5-8-16(15)19)17-22-9-10-23-17/h3-4,6-7,13,15-17,19H,5,8-11H2,1-2H3/t13-,15-,16-/m1/s1. The topological polar surface area (TPSA) is 76.1 Å². The number of likely N-dealkylation sites (N-methyl/N-ethyl adjacent to an activating group) is 1. The van der Waals surface area contributed by atoms with Crippen LogP contribution in [0.2, 0.25) is 0 Å². The van der Waals surface area contributed by atoms with Gasteiger partial charge in [-0.05, 0) is 38.3 Å². The van der Waals surface area contributed by atoms with Crippen LogP contribution >= 0.6 is 0 Å². The molecule has 134 valence electrons. The Bertz CT molecular complexity index is 654. The molecule has 0 unspecified atom stereocenters. The molecule has 1 N–H and O–H groups in total. The molecule has 6 nitrogen and oxygen atoms in total. The van der Waals surface area contributed by atoms with Gasteiger partial charge < -0.3 is 14.6 Å². The lowest BCUT2D eigenvalue weighted by Crippen LogP contribution is -2.49. The van der Waals surface area contributed by atoms with E-state index in [1.807, 2.05) is 6.92 Å². The number of rotatable bonds is 4. The lowest BCUT2D eigenvalue weighted by atomic mass is 9.83.